The van der Waals surface area contributed by atoms with Crippen molar-refractivity contribution in [1.82, 2.24) is 15.1 Å². The van der Waals surface area contributed by atoms with Crippen molar-refractivity contribution in [2.75, 3.05) is 75.5 Å². The largest absolute Gasteiger partial charge is 0.471 e. The van der Waals surface area contributed by atoms with E-state index in [2.05, 4.69) is 0 Å². The highest BCUT2D eigenvalue weighted by Gasteiger charge is 2.38. The van der Waals surface area contributed by atoms with Gasteiger partial charge in [0.2, 0.25) is 0 Å². The van der Waals surface area contributed by atoms with E-state index in [-0.39, 0.29) is 36.5 Å². The van der Waals surface area contributed by atoms with Crippen molar-refractivity contribution < 1.29 is 46.6 Å². The normalized spacial score (nSPS) is 14.0. The van der Waals surface area contributed by atoms with E-state index < -0.39 is 24.4 Å². The summed E-state index contributed by atoms with van der Waals surface area (Å²) in [6, 6.07) is 28.7. The van der Waals surface area contributed by atoms with Gasteiger partial charge in [0.15, 0.2) is 11.6 Å². The SMILES string of the molecule is Cc1cccc(N(Cc2ccc(C(=O)CN)cc2)C(=O)N2CCOCC2)c1.Cc1cccc(N(Cc2ccc(C(=O)CNC(=O)C(F)(F)F)cc2)C(=O)N2CCOCC2)c1. The molecule has 0 spiro atoms. The number of anilines is 2. The fourth-order valence-corrected chi connectivity index (χ4v) is 6.42. The summed E-state index contributed by atoms with van der Waals surface area (Å²) in [4.78, 5) is 68.1. The van der Waals surface area contributed by atoms with Gasteiger partial charge in [-0.1, -0.05) is 72.8 Å². The Kier molecular flexibility index (Phi) is 15.9. The summed E-state index contributed by atoms with van der Waals surface area (Å²) < 4.78 is 47.5. The maximum Gasteiger partial charge on any atom is 0.471 e. The molecule has 16 heteroatoms. The van der Waals surface area contributed by atoms with Crippen LogP contribution in [0.4, 0.5) is 34.1 Å². The van der Waals surface area contributed by atoms with Crippen LogP contribution in [0.2, 0.25) is 0 Å². The molecule has 2 saturated heterocycles. The smallest absolute Gasteiger partial charge is 0.378 e. The zero-order chi connectivity index (χ0) is 43.2. The summed E-state index contributed by atoms with van der Waals surface area (Å²) in [5.41, 5.74) is 11.5. The zero-order valence-corrected chi connectivity index (χ0v) is 33.6. The summed E-state index contributed by atoms with van der Waals surface area (Å²) in [7, 11) is 0. The first-order valence-corrected chi connectivity index (χ1v) is 19.4. The summed E-state index contributed by atoms with van der Waals surface area (Å²) in [6.45, 7) is 8.03. The first kappa shape index (κ1) is 45.0. The van der Waals surface area contributed by atoms with Crippen LogP contribution in [0.15, 0.2) is 97.1 Å². The quantitative estimate of drug-likeness (QED) is 0.177. The minimum Gasteiger partial charge on any atom is -0.378 e. The van der Waals surface area contributed by atoms with E-state index in [0.717, 1.165) is 33.6 Å². The molecule has 2 heterocycles. The molecule has 0 saturated carbocycles. The van der Waals surface area contributed by atoms with Gasteiger partial charge in [0, 0.05) is 48.7 Å². The number of carbonyl (C=O) groups excluding carboxylic acids is 5. The number of nitrogens with two attached hydrogens (primary N) is 1. The number of ether oxygens (including phenoxy) is 2. The van der Waals surface area contributed by atoms with Gasteiger partial charge in [0.05, 0.1) is 52.6 Å². The Hall–Kier alpha value is -6.10. The molecule has 60 heavy (non-hydrogen) atoms. The van der Waals surface area contributed by atoms with Gasteiger partial charge >= 0.3 is 24.1 Å². The van der Waals surface area contributed by atoms with E-state index in [0.29, 0.717) is 64.7 Å². The number of hydrogen-bond donors (Lipinski definition) is 2. The predicted octanol–water partition coefficient (Wildman–Crippen LogP) is 5.91. The van der Waals surface area contributed by atoms with Crippen molar-refractivity contribution in [1.29, 1.82) is 0 Å². The molecule has 2 aliphatic heterocycles. The number of nitrogens with zero attached hydrogens (tertiary/aromatic N) is 4. The van der Waals surface area contributed by atoms with Crippen molar-refractivity contribution in [3.63, 3.8) is 0 Å². The Morgan fingerprint density at radius 2 is 1.03 bits per heavy atom. The number of hydrogen-bond acceptors (Lipinski definition) is 8. The van der Waals surface area contributed by atoms with Gasteiger partial charge in [-0.2, -0.15) is 13.2 Å². The highest BCUT2D eigenvalue weighted by molar-refractivity contribution is 6.00. The number of benzene rings is 4. The van der Waals surface area contributed by atoms with Crippen molar-refractivity contribution >= 4 is 40.9 Å². The van der Waals surface area contributed by atoms with Gasteiger partial charge in [-0.3, -0.25) is 24.2 Å². The van der Waals surface area contributed by atoms with Crippen LogP contribution in [-0.2, 0) is 27.4 Å². The number of aryl methyl sites for hydroxylation is 2. The second kappa shape index (κ2) is 21.2. The number of carbonyl (C=O) groups is 5. The van der Waals surface area contributed by atoms with Crippen LogP contribution in [0.25, 0.3) is 0 Å². The highest BCUT2D eigenvalue weighted by atomic mass is 19.4. The Morgan fingerprint density at radius 1 is 0.633 bits per heavy atom. The lowest BCUT2D eigenvalue weighted by molar-refractivity contribution is -0.173. The standard InChI is InChI=1S/C23H24F3N3O4.C21H25N3O3/c1-16-3-2-4-19(13-16)29(22(32)28-9-11-33-12-10-28)15-17-5-7-18(8-6-17)20(30)14-27-21(31)23(24,25)26;1-16-3-2-4-19(13-16)24(21(26)23-9-11-27-12-10-23)15-17-5-7-18(8-6-17)20(25)14-22/h2-8,13H,9-12,14-15H2,1H3,(H,27,31);2-8,13H,9-12,14-15,22H2,1H3. The molecular weight excluding hydrogens is 782 g/mol. The molecule has 0 unspecified atom stereocenters. The monoisotopic (exact) mass is 830 g/mol. The van der Waals surface area contributed by atoms with Crippen LogP contribution in [-0.4, -0.2) is 111 Å². The zero-order valence-electron chi connectivity index (χ0n) is 33.6. The van der Waals surface area contributed by atoms with Crippen LogP contribution in [0.3, 0.4) is 0 Å². The van der Waals surface area contributed by atoms with Crippen molar-refractivity contribution in [2.24, 2.45) is 5.73 Å². The van der Waals surface area contributed by atoms with E-state index in [1.807, 2.05) is 79.4 Å². The maximum absolute atomic E-state index is 13.2. The average Bonchev–Trinajstić information content (AvgIpc) is 3.26. The van der Waals surface area contributed by atoms with Gasteiger partial charge in [-0.15, -0.1) is 0 Å². The van der Waals surface area contributed by atoms with E-state index in [1.54, 1.807) is 44.3 Å². The number of urea groups is 2. The average molecular weight is 831 g/mol. The molecule has 0 bridgehead atoms. The molecule has 13 nitrogen and oxygen atoms in total. The lowest BCUT2D eigenvalue weighted by Crippen LogP contribution is -2.48. The number of amides is 5. The van der Waals surface area contributed by atoms with Crippen LogP contribution in [0.5, 0.6) is 0 Å². The third-order valence-corrected chi connectivity index (χ3v) is 9.74. The molecule has 4 aromatic rings. The predicted molar refractivity (Wildman–Crippen MR) is 220 cm³/mol. The molecule has 0 aliphatic carbocycles. The number of halogens is 3. The second-order valence-corrected chi connectivity index (χ2v) is 14.2. The minimum absolute atomic E-state index is 0.00964. The maximum atomic E-state index is 13.2. The van der Waals surface area contributed by atoms with Crippen LogP contribution >= 0.6 is 0 Å². The Bertz CT molecular complexity index is 2100. The minimum atomic E-state index is -5.05. The summed E-state index contributed by atoms with van der Waals surface area (Å²) >= 11 is 0. The second-order valence-electron chi connectivity index (χ2n) is 14.2. The molecule has 6 rings (SSSR count). The van der Waals surface area contributed by atoms with E-state index in [1.165, 1.54) is 12.1 Å². The van der Waals surface area contributed by atoms with Gasteiger partial charge < -0.3 is 30.3 Å². The number of ketones is 2. The fourth-order valence-electron chi connectivity index (χ4n) is 6.42. The van der Waals surface area contributed by atoms with Crippen molar-refractivity contribution in [3.05, 3.63) is 130 Å². The Labute approximate surface area is 346 Å². The number of alkyl halides is 3. The molecule has 2 aliphatic rings. The Morgan fingerprint density at radius 3 is 1.40 bits per heavy atom. The number of Topliss-reactive ketones (excluding diaryl/α,β-unsaturated/α-hetero) is 2. The van der Waals surface area contributed by atoms with Gasteiger partial charge in [-0.25, -0.2) is 9.59 Å². The summed E-state index contributed by atoms with van der Waals surface area (Å²) in [5.74, 6) is -2.91. The van der Waals surface area contributed by atoms with Crippen molar-refractivity contribution in [3.8, 4) is 0 Å². The number of nitrogens with one attached hydrogen (secondary N) is 1. The van der Waals surface area contributed by atoms with E-state index in [9.17, 15) is 37.1 Å². The van der Waals surface area contributed by atoms with Gasteiger partial charge in [0.25, 0.3) is 0 Å². The molecule has 2 fully saturated rings. The third-order valence-electron chi connectivity index (χ3n) is 9.74. The molecular formula is C44H49F3N6O7. The Balaban J connectivity index is 0.000000232. The van der Waals surface area contributed by atoms with Gasteiger partial charge in [-0.05, 0) is 60.4 Å². The first-order chi connectivity index (χ1) is 28.7. The van der Waals surface area contributed by atoms with Gasteiger partial charge in [0.1, 0.15) is 0 Å². The van der Waals surface area contributed by atoms with E-state index >= 15 is 0 Å². The topological polar surface area (TPSA) is 155 Å². The van der Waals surface area contributed by atoms with Crippen LogP contribution in [0.1, 0.15) is 43.0 Å². The molecule has 0 atom stereocenters. The molecule has 4 aromatic carbocycles. The lowest BCUT2D eigenvalue weighted by Gasteiger charge is -2.33. The summed E-state index contributed by atoms with van der Waals surface area (Å²) in [5, 5.41) is 1.56. The number of rotatable bonds is 11. The third kappa shape index (κ3) is 12.7. The lowest BCUT2D eigenvalue weighted by atomic mass is 10.1. The molecule has 0 aromatic heterocycles. The van der Waals surface area contributed by atoms with Crippen LogP contribution < -0.4 is 20.9 Å². The van der Waals surface area contributed by atoms with Crippen molar-refractivity contribution in [2.45, 2.75) is 33.1 Å². The van der Waals surface area contributed by atoms with Crippen LogP contribution in [0, 0.1) is 13.8 Å². The summed E-state index contributed by atoms with van der Waals surface area (Å²) in [6.07, 6.45) is -5.05. The molecule has 0 radical (unpaired) electrons. The molecule has 5 amide bonds. The molecule has 318 valence electrons. The van der Waals surface area contributed by atoms with E-state index in [4.69, 9.17) is 15.2 Å². The molecule has 3 N–H and O–H groups in total. The first-order valence-electron chi connectivity index (χ1n) is 19.4. The number of morpholine rings is 2. The fraction of sp³-hybridized carbons (Fsp3) is 0.341. The highest BCUT2D eigenvalue weighted by Crippen LogP contribution is 2.24.